The van der Waals surface area contributed by atoms with Crippen LogP contribution in [0.4, 0.5) is 10.1 Å². The van der Waals surface area contributed by atoms with E-state index in [1.54, 1.807) is 42.3 Å². The van der Waals surface area contributed by atoms with E-state index in [0.717, 1.165) is 0 Å². The van der Waals surface area contributed by atoms with Crippen molar-refractivity contribution in [1.29, 1.82) is 0 Å². The molecular weight excluding hydrogens is 331 g/mol. The van der Waals surface area contributed by atoms with E-state index in [9.17, 15) is 14.0 Å². The van der Waals surface area contributed by atoms with Gasteiger partial charge in [0.15, 0.2) is 0 Å². The number of hydrogen-bond acceptors (Lipinski definition) is 4. The second kappa shape index (κ2) is 7.04. The van der Waals surface area contributed by atoms with E-state index in [1.807, 2.05) is 0 Å². The van der Waals surface area contributed by atoms with E-state index in [1.165, 1.54) is 28.8 Å². The average molecular weight is 348 g/mol. The first-order valence-electron chi connectivity index (χ1n) is 7.49. The van der Waals surface area contributed by atoms with Crippen LogP contribution >= 0.6 is 11.8 Å². The van der Waals surface area contributed by atoms with E-state index < -0.39 is 17.9 Å². The number of carbonyl (C=O) groups excluding carboxylic acids is 2. The summed E-state index contributed by atoms with van der Waals surface area (Å²) in [6, 6.07) is 4.91. The van der Waals surface area contributed by atoms with Crippen LogP contribution in [0, 0.1) is 5.82 Å². The van der Waals surface area contributed by atoms with Gasteiger partial charge in [-0.25, -0.2) is 9.37 Å². The van der Waals surface area contributed by atoms with Gasteiger partial charge in [0, 0.05) is 18.1 Å². The van der Waals surface area contributed by atoms with Crippen molar-refractivity contribution in [2.75, 3.05) is 16.9 Å². The molecule has 1 aromatic carbocycles. The number of imidazole rings is 1. The number of rotatable bonds is 4. The lowest BCUT2D eigenvalue weighted by atomic mass is 10.2. The van der Waals surface area contributed by atoms with E-state index >= 15 is 0 Å². The van der Waals surface area contributed by atoms with E-state index in [0.29, 0.717) is 11.6 Å². The monoisotopic (exact) mass is 348 g/mol. The zero-order chi connectivity index (χ0) is 17.1. The third-order valence-electron chi connectivity index (χ3n) is 3.93. The van der Waals surface area contributed by atoms with Gasteiger partial charge in [-0.05, 0) is 19.1 Å². The number of amides is 2. The van der Waals surface area contributed by atoms with Gasteiger partial charge < -0.3 is 14.8 Å². The first kappa shape index (κ1) is 16.5. The third-order valence-corrected chi connectivity index (χ3v) is 4.94. The molecule has 1 N–H and O–H groups in total. The Labute approximate surface area is 143 Å². The van der Waals surface area contributed by atoms with Crippen molar-refractivity contribution < 1.29 is 14.0 Å². The summed E-state index contributed by atoms with van der Waals surface area (Å²) in [5, 5.41) is 2.57. The number of aromatic nitrogens is 2. The number of hydrogen-bond donors (Lipinski definition) is 1. The largest absolute Gasteiger partial charge is 0.325 e. The minimum atomic E-state index is -0.618. The van der Waals surface area contributed by atoms with Gasteiger partial charge in [0.1, 0.15) is 17.9 Å². The smallest absolute Gasteiger partial charge is 0.248 e. The molecule has 2 heterocycles. The number of nitrogens with zero attached hydrogens (tertiary/aromatic N) is 3. The molecule has 0 spiro atoms. The second-order valence-electron chi connectivity index (χ2n) is 5.48. The van der Waals surface area contributed by atoms with Gasteiger partial charge in [0.25, 0.3) is 0 Å². The Bertz CT molecular complexity index is 737. The van der Waals surface area contributed by atoms with Gasteiger partial charge in [-0.3, -0.25) is 9.59 Å². The summed E-state index contributed by atoms with van der Waals surface area (Å²) in [6.45, 7) is 1.76. The summed E-state index contributed by atoms with van der Waals surface area (Å²) in [5.74, 6) is -0.111. The molecule has 8 heteroatoms. The number of para-hydroxylation sites is 1. The van der Waals surface area contributed by atoms with Crippen LogP contribution in [-0.4, -0.2) is 43.9 Å². The molecule has 3 rings (SSSR count). The van der Waals surface area contributed by atoms with Crippen molar-refractivity contribution in [2.24, 2.45) is 0 Å². The molecule has 24 heavy (non-hydrogen) atoms. The fraction of sp³-hybridized carbons (Fsp3) is 0.312. The predicted octanol–water partition coefficient (Wildman–Crippen LogP) is 2.12. The van der Waals surface area contributed by atoms with Gasteiger partial charge in [-0.1, -0.05) is 12.1 Å². The lowest BCUT2D eigenvalue weighted by Gasteiger charge is -2.26. The lowest BCUT2D eigenvalue weighted by molar-refractivity contribution is -0.138. The highest BCUT2D eigenvalue weighted by Crippen LogP contribution is 2.25. The number of thioether (sulfide) groups is 1. The molecule has 2 atom stereocenters. The summed E-state index contributed by atoms with van der Waals surface area (Å²) < 4.78 is 15.4. The Balaban J connectivity index is 1.72. The Morgan fingerprint density at radius 2 is 2.21 bits per heavy atom. The van der Waals surface area contributed by atoms with Crippen LogP contribution in [0.25, 0.3) is 0 Å². The first-order valence-corrected chi connectivity index (χ1v) is 8.64. The first-order chi connectivity index (χ1) is 11.6. The van der Waals surface area contributed by atoms with Crippen molar-refractivity contribution >= 4 is 29.3 Å². The third kappa shape index (κ3) is 3.28. The van der Waals surface area contributed by atoms with Crippen LogP contribution in [0.3, 0.4) is 0 Å². The highest BCUT2D eigenvalue weighted by atomic mass is 32.2. The second-order valence-corrected chi connectivity index (χ2v) is 6.48. The van der Waals surface area contributed by atoms with Crippen LogP contribution in [0.1, 0.15) is 13.0 Å². The number of carbonyl (C=O) groups is 2. The lowest BCUT2D eigenvalue weighted by Crippen LogP contribution is -2.46. The maximum absolute atomic E-state index is 13.7. The van der Waals surface area contributed by atoms with Crippen LogP contribution in [0.15, 0.2) is 43.0 Å². The Hall–Kier alpha value is -2.35. The zero-order valence-corrected chi connectivity index (χ0v) is 13.9. The Morgan fingerprint density at radius 3 is 2.92 bits per heavy atom. The maximum Gasteiger partial charge on any atom is 0.248 e. The van der Waals surface area contributed by atoms with Crippen LogP contribution < -0.4 is 5.32 Å². The van der Waals surface area contributed by atoms with Gasteiger partial charge in [0.05, 0.1) is 17.9 Å². The molecule has 2 amide bonds. The Morgan fingerprint density at radius 1 is 1.42 bits per heavy atom. The van der Waals surface area contributed by atoms with Gasteiger partial charge in [-0.15, -0.1) is 11.8 Å². The quantitative estimate of drug-likeness (QED) is 0.919. The van der Waals surface area contributed by atoms with E-state index in [-0.39, 0.29) is 17.5 Å². The summed E-state index contributed by atoms with van der Waals surface area (Å²) in [4.78, 5) is 30.6. The number of nitrogens with one attached hydrogen (secondary N) is 1. The molecule has 2 aromatic rings. The van der Waals surface area contributed by atoms with Crippen molar-refractivity contribution in [2.45, 2.75) is 19.0 Å². The summed E-state index contributed by atoms with van der Waals surface area (Å²) in [5.41, 5.74) is 0.120. The molecule has 1 aliphatic rings. The molecule has 1 aromatic heterocycles. The topological polar surface area (TPSA) is 67.2 Å². The van der Waals surface area contributed by atoms with Crippen LogP contribution in [0.5, 0.6) is 0 Å². The number of halogens is 1. The van der Waals surface area contributed by atoms with Gasteiger partial charge >= 0.3 is 0 Å². The molecule has 0 aliphatic carbocycles. The van der Waals surface area contributed by atoms with Crippen LogP contribution in [-0.2, 0) is 9.59 Å². The van der Waals surface area contributed by atoms with E-state index in [4.69, 9.17) is 0 Å². The highest BCUT2D eigenvalue weighted by molar-refractivity contribution is 7.99. The van der Waals surface area contributed by atoms with Crippen molar-refractivity contribution in [3.63, 3.8) is 0 Å². The van der Waals surface area contributed by atoms with Crippen molar-refractivity contribution in [3.05, 3.63) is 48.8 Å². The van der Waals surface area contributed by atoms with Gasteiger partial charge in [0.2, 0.25) is 11.8 Å². The molecule has 1 aliphatic heterocycles. The van der Waals surface area contributed by atoms with Crippen LogP contribution in [0.2, 0.25) is 0 Å². The standard InChI is InChI=1S/C16H17FN4O2S/c1-11(20-7-6-18-9-20)16(23)21-10-24-8-14(21)15(22)19-13-5-3-2-4-12(13)17/h2-7,9,11,14H,8,10H2,1H3,(H,19,22)/t11-,14-/m0/s1. The SMILES string of the molecule is C[C@@H](C(=O)N1CSC[C@H]1C(=O)Nc1ccccc1F)n1ccnc1. The Kier molecular flexibility index (Phi) is 4.84. The van der Waals surface area contributed by atoms with Crippen molar-refractivity contribution in [1.82, 2.24) is 14.5 Å². The highest BCUT2D eigenvalue weighted by Gasteiger charge is 2.37. The molecule has 0 saturated carbocycles. The molecule has 126 valence electrons. The summed E-state index contributed by atoms with van der Waals surface area (Å²) in [6.07, 6.45) is 4.88. The summed E-state index contributed by atoms with van der Waals surface area (Å²) >= 11 is 1.50. The molecular formula is C16H17FN4O2S. The fourth-order valence-electron chi connectivity index (χ4n) is 2.52. The number of benzene rings is 1. The minimum absolute atomic E-state index is 0.120. The molecule has 0 unspecified atom stereocenters. The van der Waals surface area contributed by atoms with E-state index in [2.05, 4.69) is 10.3 Å². The zero-order valence-electron chi connectivity index (χ0n) is 13.1. The maximum atomic E-state index is 13.7. The summed E-state index contributed by atoms with van der Waals surface area (Å²) in [7, 11) is 0. The minimum Gasteiger partial charge on any atom is -0.325 e. The van der Waals surface area contributed by atoms with Gasteiger partial charge in [-0.2, -0.15) is 0 Å². The normalized spacial score (nSPS) is 18.4. The molecule has 6 nitrogen and oxygen atoms in total. The van der Waals surface area contributed by atoms with Crippen molar-refractivity contribution in [3.8, 4) is 0 Å². The molecule has 0 bridgehead atoms. The molecule has 1 saturated heterocycles. The number of anilines is 1. The molecule has 0 radical (unpaired) electrons. The molecule has 1 fully saturated rings. The average Bonchev–Trinajstić information content (AvgIpc) is 3.27. The predicted molar refractivity (Wildman–Crippen MR) is 89.9 cm³/mol. The fourth-order valence-corrected chi connectivity index (χ4v) is 3.69.